The van der Waals surface area contributed by atoms with Crippen LogP contribution in [0.2, 0.25) is 0 Å². The third-order valence-electron chi connectivity index (χ3n) is 4.70. The van der Waals surface area contributed by atoms with Gasteiger partial charge in [0.05, 0.1) is 6.20 Å². The number of carbonyl (C=O) groups excluding carboxylic acids is 1. The molecule has 6 heteroatoms. The van der Waals surface area contributed by atoms with Crippen LogP contribution in [0.4, 0.5) is 5.69 Å². The monoisotopic (exact) mass is 311 g/mol. The highest BCUT2D eigenvalue weighted by Gasteiger charge is 2.37. The Labute approximate surface area is 133 Å². The zero-order chi connectivity index (χ0) is 16.0. The molecule has 6 nitrogen and oxygen atoms in total. The smallest absolute Gasteiger partial charge is 0.312 e. The molecule has 2 aliphatic rings. The highest BCUT2D eigenvalue weighted by atomic mass is 16.4. The maximum Gasteiger partial charge on any atom is 0.312 e. The first kappa shape index (κ1) is 14.0. The molecule has 2 aliphatic heterocycles. The summed E-state index contributed by atoms with van der Waals surface area (Å²) in [5.41, 5.74) is 1.95. The lowest BCUT2D eigenvalue weighted by molar-refractivity contribution is -0.138. The first-order valence-corrected chi connectivity index (χ1v) is 7.85. The average molecular weight is 311 g/mol. The maximum absolute atomic E-state index is 13.0. The molecule has 0 radical (unpaired) electrons. The number of anilines is 1. The second-order valence-electron chi connectivity index (χ2n) is 6.03. The third-order valence-corrected chi connectivity index (χ3v) is 4.70. The van der Waals surface area contributed by atoms with Crippen LogP contribution in [0, 0.1) is 0 Å². The van der Waals surface area contributed by atoms with Crippen molar-refractivity contribution in [3.63, 3.8) is 0 Å². The lowest BCUT2D eigenvalue weighted by Crippen LogP contribution is -2.33. The Hall–Kier alpha value is -2.63. The predicted molar refractivity (Wildman–Crippen MR) is 83.7 cm³/mol. The third kappa shape index (κ3) is 2.13. The van der Waals surface area contributed by atoms with Gasteiger partial charge in [0.25, 0.3) is 5.91 Å². The summed E-state index contributed by atoms with van der Waals surface area (Å²) in [5, 5.41) is 9.43. The predicted octanol–water partition coefficient (Wildman–Crippen LogP) is 2.05. The Morgan fingerprint density at radius 3 is 2.87 bits per heavy atom. The molecule has 1 unspecified atom stereocenters. The number of imidazole rings is 1. The van der Waals surface area contributed by atoms with Gasteiger partial charge < -0.3 is 14.6 Å². The molecule has 1 amide bonds. The molecule has 2 aromatic rings. The number of hydrogen-bond donors (Lipinski definition) is 1. The Kier molecular flexibility index (Phi) is 3.18. The van der Waals surface area contributed by atoms with E-state index in [0.29, 0.717) is 16.9 Å². The summed E-state index contributed by atoms with van der Waals surface area (Å²) < 4.78 is 1.97. The van der Waals surface area contributed by atoms with Crippen molar-refractivity contribution in [1.82, 2.24) is 9.55 Å². The molecule has 0 saturated carbocycles. The summed E-state index contributed by atoms with van der Waals surface area (Å²) in [6, 6.07) is 7.23. The normalized spacial score (nSPS) is 19.3. The summed E-state index contributed by atoms with van der Waals surface area (Å²) in [6.45, 7) is 0.974. The number of nitrogens with zero attached hydrogens (tertiary/aromatic N) is 3. The Morgan fingerprint density at radius 1 is 1.22 bits per heavy atom. The number of carboxylic acids is 1. The van der Waals surface area contributed by atoms with Gasteiger partial charge in [0.2, 0.25) is 0 Å². The molecule has 1 aromatic carbocycles. The van der Waals surface area contributed by atoms with E-state index in [4.69, 9.17) is 0 Å². The Balaban J connectivity index is 1.72. The number of aliphatic carboxylic acids is 1. The van der Waals surface area contributed by atoms with Crippen LogP contribution in [0.1, 0.15) is 40.6 Å². The van der Waals surface area contributed by atoms with Crippen LogP contribution in [-0.2, 0) is 17.8 Å². The van der Waals surface area contributed by atoms with Crippen molar-refractivity contribution in [3.05, 3.63) is 47.5 Å². The molecule has 118 valence electrons. The molecule has 1 N–H and O–H groups in total. The SMILES string of the molecule is O=C(O)C1CN(C(=O)c2cnc3n2CCCC3)c2ccccc21. The van der Waals surface area contributed by atoms with Crippen LogP contribution >= 0.6 is 0 Å². The van der Waals surface area contributed by atoms with Crippen molar-refractivity contribution in [2.45, 2.75) is 31.7 Å². The highest BCUT2D eigenvalue weighted by molar-refractivity contribution is 6.07. The molecule has 23 heavy (non-hydrogen) atoms. The van der Waals surface area contributed by atoms with E-state index in [2.05, 4.69) is 4.98 Å². The number of carboxylic acid groups (broad SMARTS) is 1. The lowest BCUT2D eigenvalue weighted by Gasteiger charge is -2.20. The molecule has 1 atom stereocenters. The summed E-state index contributed by atoms with van der Waals surface area (Å²) in [5.74, 6) is -0.786. The number of fused-ring (bicyclic) bond motifs is 2. The Bertz CT molecular complexity index is 796. The Morgan fingerprint density at radius 2 is 2.04 bits per heavy atom. The molecule has 4 rings (SSSR count). The fourth-order valence-corrected chi connectivity index (χ4v) is 3.54. The van der Waals surface area contributed by atoms with Crippen LogP contribution < -0.4 is 4.90 Å². The molecule has 3 heterocycles. The fraction of sp³-hybridized carbons (Fsp3) is 0.353. The molecule has 1 aromatic heterocycles. The number of rotatable bonds is 2. The van der Waals surface area contributed by atoms with Gasteiger partial charge in [-0.05, 0) is 24.5 Å². The van der Waals surface area contributed by atoms with Gasteiger partial charge in [0.15, 0.2) is 0 Å². The van der Waals surface area contributed by atoms with E-state index >= 15 is 0 Å². The van der Waals surface area contributed by atoms with Crippen molar-refractivity contribution in [3.8, 4) is 0 Å². The summed E-state index contributed by atoms with van der Waals surface area (Å²) in [4.78, 5) is 30.4. The number of carbonyl (C=O) groups is 2. The van der Waals surface area contributed by atoms with Crippen molar-refractivity contribution >= 4 is 17.6 Å². The number of para-hydroxylation sites is 1. The highest BCUT2D eigenvalue weighted by Crippen LogP contribution is 2.37. The van der Waals surface area contributed by atoms with Gasteiger partial charge in [-0.2, -0.15) is 0 Å². The number of hydrogen-bond acceptors (Lipinski definition) is 3. The summed E-state index contributed by atoms with van der Waals surface area (Å²) in [7, 11) is 0. The summed E-state index contributed by atoms with van der Waals surface area (Å²) >= 11 is 0. The van der Waals surface area contributed by atoms with Gasteiger partial charge in [-0.15, -0.1) is 0 Å². The second kappa shape index (κ2) is 5.22. The number of amides is 1. The van der Waals surface area contributed by atoms with Crippen LogP contribution in [0.3, 0.4) is 0 Å². The molecular formula is C17H17N3O3. The van der Waals surface area contributed by atoms with Crippen LogP contribution in [0.5, 0.6) is 0 Å². The minimum Gasteiger partial charge on any atom is -0.481 e. The van der Waals surface area contributed by atoms with Gasteiger partial charge in [0.1, 0.15) is 17.4 Å². The van der Waals surface area contributed by atoms with E-state index < -0.39 is 11.9 Å². The minimum atomic E-state index is -0.900. The van der Waals surface area contributed by atoms with Gasteiger partial charge >= 0.3 is 5.97 Å². The van der Waals surface area contributed by atoms with E-state index in [1.807, 2.05) is 22.8 Å². The maximum atomic E-state index is 13.0. The van der Waals surface area contributed by atoms with Crippen molar-refractivity contribution in [2.75, 3.05) is 11.4 Å². The van der Waals surface area contributed by atoms with Gasteiger partial charge in [0, 0.05) is 25.2 Å². The lowest BCUT2D eigenvalue weighted by atomic mass is 10.0. The minimum absolute atomic E-state index is 0.165. The summed E-state index contributed by atoms with van der Waals surface area (Å²) in [6.07, 6.45) is 4.65. The van der Waals surface area contributed by atoms with Gasteiger partial charge in [-0.25, -0.2) is 4.98 Å². The van der Waals surface area contributed by atoms with Crippen molar-refractivity contribution < 1.29 is 14.7 Å². The fourth-order valence-electron chi connectivity index (χ4n) is 3.54. The molecule has 0 spiro atoms. The van der Waals surface area contributed by atoms with Crippen molar-refractivity contribution in [1.29, 1.82) is 0 Å². The standard InChI is InChI=1S/C17H17N3O3/c21-16(14-9-18-15-7-3-4-8-19(14)15)20-10-12(17(22)23)11-5-1-2-6-13(11)20/h1-2,5-6,9,12H,3-4,7-8,10H2,(H,22,23). The van der Waals surface area contributed by atoms with Gasteiger partial charge in [-0.1, -0.05) is 18.2 Å². The first-order valence-electron chi connectivity index (χ1n) is 7.85. The quantitative estimate of drug-likeness (QED) is 0.921. The van der Waals surface area contributed by atoms with Crippen molar-refractivity contribution in [2.24, 2.45) is 0 Å². The average Bonchev–Trinajstić information content (AvgIpc) is 3.16. The van der Waals surface area contributed by atoms with Crippen LogP contribution in [0.25, 0.3) is 0 Å². The zero-order valence-electron chi connectivity index (χ0n) is 12.6. The van der Waals surface area contributed by atoms with E-state index in [1.165, 1.54) is 0 Å². The van der Waals surface area contributed by atoms with Gasteiger partial charge in [-0.3, -0.25) is 9.59 Å². The largest absolute Gasteiger partial charge is 0.481 e. The number of benzene rings is 1. The van der Waals surface area contributed by atoms with E-state index in [9.17, 15) is 14.7 Å². The van der Waals surface area contributed by atoms with Crippen LogP contribution in [0.15, 0.2) is 30.5 Å². The molecule has 0 bridgehead atoms. The molecule has 0 aliphatic carbocycles. The number of aryl methyl sites for hydroxylation is 1. The van der Waals surface area contributed by atoms with E-state index in [-0.39, 0.29) is 12.5 Å². The number of aromatic nitrogens is 2. The topological polar surface area (TPSA) is 75.4 Å². The molecule has 0 fully saturated rings. The van der Waals surface area contributed by atoms with E-state index in [1.54, 1.807) is 17.2 Å². The zero-order valence-corrected chi connectivity index (χ0v) is 12.6. The molecular weight excluding hydrogens is 294 g/mol. The van der Waals surface area contributed by atoms with E-state index in [0.717, 1.165) is 31.6 Å². The first-order chi connectivity index (χ1) is 11.2. The molecule has 0 saturated heterocycles. The second-order valence-corrected chi connectivity index (χ2v) is 6.03. The van der Waals surface area contributed by atoms with Crippen LogP contribution in [-0.4, -0.2) is 33.1 Å².